The third-order valence-electron chi connectivity index (χ3n) is 6.08. The smallest absolute Gasteiger partial charge is 0.306 e. The molecule has 0 radical (unpaired) electrons. The molecule has 1 N–H and O–H groups in total. The van der Waals surface area contributed by atoms with Gasteiger partial charge in [-0.15, -0.1) is 0 Å². The van der Waals surface area contributed by atoms with E-state index in [0.717, 1.165) is 71.8 Å². The van der Waals surface area contributed by atoms with Crippen LogP contribution in [0.3, 0.4) is 0 Å². The predicted molar refractivity (Wildman–Crippen MR) is 126 cm³/mol. The van der Waals surface area contributed by atoms with Crippen molar-refractivity contribution in [3.05, 3.63) is 66.9 Å². The quantitative estimate of drug-likeness (QED) is 0.223. The summed E-state index contributed by atoms with van der Waals surface area (Å²) in [6.07, 6.45) is 8.25. The van der Waals surface area contributed by atoms with Crippen molar-refractivity contribution in [3.63, 3.8) is 0 Å². The monoisotopic (exact) mass is 432 g/mol. The Labute approximate surface area is 188 Å². The molecule has 1 heterocycles. The Kier molecular flexibility index (Phi) is 7.36. The molecule has 0 amide bonds. The molecule has 1 aliphatic carbocycles. The van der Waals surface area contributed by atoms with E-state index in [4.69, 9.17) is 10.1 Å². The lowest BCUT2D eigenvalue weighted by Crippen LogP contribution is -2.32. The number of aromatic nitrogens is 2. The molecule has 4 nitrogen and oxygen atoms in total. The van der Waals surface area contributed by atoms with Crippen LogP contribution >= 0.6 is 11.8 Å². The van der Waals surface area contributed by atoms with Crippen LogP contribution in [-0.2, 0) is 4.79 Å². The van der Waals surface area contributed by atoms with Gasteiger partial charge in [0.1, 0.15) is 0 Å². The van der Waals surface area contributed by atoms with E-state index in [9.17, 15) is 4.79 Å². The number of carbonyl (C=O) groups is 1. The maximum atomic E-state index is 11.1. The highest BCUT2D eigenvalue weighted by molar-refractivity contribution is 7.99. The van der Waals surface area contributed by atoms with Gasteiger partial charge in [-0.1, -0.05) is 85.3 Å². The van der Waals surface area contributed by atoms with Crippen LogP contribution in [0, 0.1) is 11.8 Å². The third kappa shape index (κ3) is 5.53. The van der Waals surface area contributed by atoms with Crippen molar-refractivity contribution < 1.29 is 9.90 Å². The summed E-state index contributed by atoms with van der Waals surface area (Å²) in [5.74, 6) is 0.665. The molecule has 3 aromatic rings. The second-order valence-corrected chi connectivity index (χ2v) is 9.19. The number of benzene rings is 2. The number of rotatable bonds is 10. The fourth-order valence-corrected chi connectivity index (χ4v) is 4.98. The summed E-state index contributed by atoms with van der Waals surface area (Å²) in [5.41, 5.74) is 4.23. The number of thioether (sulfide) groups is 1. The number of unbranched alkanes of at least 4 members (excludes halogenated alkanes) is 2. The lowest BCUT2D eigenvalue weighted by atomic mass is 9.71. The molecule has 2 aromatic carbocycles. The molecule has 160 valence electrons. The maximum Gasteiger partial charge on any atom is 0.306 e. The first-order valence-corrected chi connectivity index (χ1v) is 12.0. The summed E-state index contributed by atoms with van der Waals surface area (Å²) < 4.78 is 0. The van der Waals surface area contributed by atoms with E-state index >= 15 is 0 Å². The molecule has 2 atom stereocenters. The molecule has 0 bridgehead atoms. The van der Waals surface area contributed by atoms with Crippen molar-refractivity contribution in [2.75, 3.05) is 5.75 Å². The van der Waals surface area contributed by atoms with Crippen LogP contribution in [0.5, 0.6) is 0 Å². The number of hydrogen-bond acceptors (Lipinski definition) is 4. The van der Waals surface area contributed by atoms with E-state index in [1.807, 2.05) is 42.6 Å². The second kappa shape index (κ2) is 10.6. The van der Waals surface area contributed by atoms with Gasteiger partial charge in [-0.05, 0) is 37.2 Å². The summed E-state index contributed by atoms with van der Waals surface area (Å²) in [5, 5.41) is 9.96. The number of hydrogen-bond donors (Lipinski definition) is 1. The topological polar surface area (TPSA) is 63.1 Å². The van der Waals surface area contributed by atoms with Gasteiger partial charge >= 0.3 is 5.97 Å². The molecule has 5 heteroatoms. The normalized spacial score (nSPS) is 17.8. The van der Waals surface area contributed by atoms with Gasteiger partial charge < -0.3 is 5.11 Å². The number of carboxylic acid groups (broad SMARTS) is 1. The molecular formula is C26H28N2O2S. The molecule has 1 saturated carbocycles. The number of aliphatic carboxylic acids is 1. The van der Waals surface area contributed by atoms with Crippen LogP contribution in [0.2, 0.25) is 0 Å². The van der Waals surface area contributed by atoms with E-state index in [0.29, 0.717) is 5.92 Å². The third-order valence-corrected chi connectivity index (χ3v) is 7.03. The average Bonchev–Trinajstić information content (AvgIpc) is 2.78. The van der Waals surface area contributed by atoms with E-state index in [1.54, 1.807) is 11.8 Å². The van der Waals surface area contributed by atoms with Crippen LogP contribution in [0.25, 0.3) is 22.4 Å². The first-order valence-electron chi connectivity index (χ1n) is 11.1. The van der Waals surface area contributed by atoms with Crippen LogP contribution in [0.1, 0.15) is 38.5 Å². The zero-order valence-corrected chi connectivity index (χ0v) is 18.4. The van der Waals surface area contributed by atoms with Gasteiger partial charge in [-0.2, -0.15) is 0 Å². The van der Waals surface area contributed by atoms with Crippen LogP contribution in [0.4, 0.5) is 0 Å². The Morgan fingerprint density at radius 1 is 0.935 bits per heavy atom. The Morgan fingerprint density at radius 3 is 2.29 bits per heavy atom. The molecule has 2 unspecified atom stereocenters. The fraction of sp³-hybridized carbons (Fsp3) is 0.346. The van der Waals surface area contributed by atoms with Crippen molar-refractivity contribution in [1.29, 1.82) is 0 Å². The minimum absolute atomic E-state index is 0.0951. The molecular weight excluding hydrogens is 404 g/mol. The van der Waals surface area contributed by atoms with Crippen molar-refractivity contribution in [2.45, 2.75) is 43.7 Å². The highest BCUT2D eigenvalue weighted by Gasteiger charge is 2.35. The van der Waals surface area contributed by atoms with Crippen molar-refractivity contribution in [2.24, 2.45) is 11.8 Å². The van der Waals surface area contributed by atoms with Crippen molar-refractivity contribution >= 4 is 17.7 Å². The summed E-state index contributed by atoms with van der Waals surface area (Å²) >= 11 is 1.70. The van der Waals surface area contributed by atoms with E-state index in [1.165, 1.54) is 0 Å². The van der Waals surface area contributed by atoms with E-state index in [-0.39, 0.29) is 5.92 Å². The first-order chi connectivity index (χ1) is 15.2. The molecule has 4 rings (SSSR count). The van der Waals surface area contributed by atoms with Gasteiger partial charge in [0.15, 0.2) is 5.16 Å². The molecule has 1 aromatic heterocycles. The van der Waals surface area contributed by atoms with Crippen LogP contribution in [-0.4, -0.2) is 26.8 Å². The maximum absolute atomic E-state index is 11.1. The highest BCUT2D eigenvalue weighted by Crippen LogP contribution is 2.38. The van der Waals surface area contributed by atoms with Gasteiger partial charge in [0.05, 0.1) is 11.6 Å². The summed E-state index contributed by atoms with van der Waals surface area (Å²) in [4.78, 5) is 20.6. The van der Waals surface area contributed by atoms with Gasteiger partial charge in [0.25, 0.3) is 0 Å². The highest BCUT2D eigenvalue weighted by atomic mass is 32.2. The van der Waals surface area contributed by atoms with Crippen LogP contribution < -0.4 is 0 Å². The zero-order valence-electron chi connectivity index (χ0n) is 17.6. The minimum Gasteiger partial charge on any atom is -0.481 e. The standard InChI is InChI=1S/C26H28N2O2S/c29-25(30)22-16-15-20(22)12-8-3-9-17-31-26-27-18-23(19-10-4-1-5-11-19)24(28-26)21-13-6-2-7-14-21/h1-2,4-7,10-11,13-14,18,20,22H,3,8-9,12,15-17H2,(H,29,30). The largest absolute Gasteiger partial charge is 0.481 e. The van der Waals surface area contributed by atoms with Gasteiger partial charge in [-0.3, -0.25) is 4.79 Å². The minimum atomic E-state index is -0.614. The summed E-state index contributed by atoms with van der Waals surface area (Å²) in [6.45, 7) is 0. The predicted octanol–water partition coefficient (Wildman–Crippen LogP) is 6.57. The second-order valence-electron chi connectivity index (χ2n) is 8.13. The molecule has 31 heavy (non-hydrogen) atoms. The Bertz CT molecular complexity index is 995. The fourth-order valence-electron chi connectivity index (χ4n) is 4.17. The summed E-state index contributed by atoms with van der Waals surface area (Å²) in [6, 6.07) is 20.6. The van der Waals surface area contributed by atoms with Crippen molar-refractivity contribution in [1.82, 2.24) is 9.97 Å². The average molecular weight is 433 g/mol. The van der Waals surface area contributed by atoms with Gasteiger partial charge in [0.2, 0.25) is 0 Å². The van der Waals surface area contributed by atoms with E-state index in [2.05, 4.69) is 29.2 Å². The Morgan fingerprint density at radius 2 is 1.65 bits per heavy atom. The van der Waals surface area contributed by atoms with Gasteiger partial charge in [-0.25, -0.2) is 9.97 Å². The van der Waals surface area contributed by atoms with Gasteiger partial charge in [0, 0.05) is 23.1 Å². The van der Waals surface area contributed by atoms with E-state index < -0.39 is 5.97 Å². The SMILES string of the molecule is O=C(O)C1CCC1CCCCCSc1ncc(-c2ccccc2)c(-c2ccccc2)n1. The van der Waals surface area contributed by atoms with Crippen LogP contribution in [0.15, 0.2) is 72.0 Å². The van der Waals surface area contributed by atoms with Crippen molar-refractivity contribution in [3.8, 4) is 22.4 Å². The lowest BCUT2D eigenvalue weighted by Gasteiger charge is -2.33. The number of nitrogens with zero attached hydrogens (tertiary/aromatic N) is 2. The Balaban J connectivity index is 1.34. The molecule has 1 aliphatic rings. The molecule has 0 saturated heterocycles. The summed E-state index contributed by atoms with van der Waals surface area (Å²) in [7, 11) is 0. The molecule has 0 aliphatic heterocycles. The zero-order chi connectivity index (χ0) is 21.5. The number of carboxylic acids is 1. The Hall–Kier alpha value is -2.66. The lowest BCUT2D eigenvalue weighted by molar-refractivity contribution is -0.147. The molecule has 1 fully saturated rings. The first kappa shape index (κ1) is 21.6. The molecule has 0 spiro atoms.